The molecule has 1 N–H and O–H groups in total. The molecule has 1 amide bonds. The van der Waals surface area contributed by atoms with Crippen LogP contribution in [0, 0.1) is 6.92 Å². The normalized spacial score (nSPS) is 11.4. The maximum Gasteiger partial charge on any atom is 0.273 e. The van der Waals surface area contributed by atoms with Crippen molar-refractivity contribution in [3.05, 3.63) is 15.4 Å². The minimum absolute atomic E-state index is 0.136. The van der Waals surface area contributed by atoms with Crippen molar-refractivity contribution in [3.63, 3.8) is 0 Å². The van der Waals surface area contributed by atoms with E-state index in [0.29, 0.717) is 0 Å². The number of hydrogen-bond donors (Lipinski definition) is 1. The average Bonchev–Trinajstić information content (AvgIpc) is 2.30. The van der Waals surface area contributed by atoms with Crippen LogP contribution in [0.3, 0.4) is 0 Å². The molecule has 0 atom stereocenters. The first kappa shape index (κ1) is 11.7. The number of halogens is 1. The molecule has 0 aliphatic rings. The lowest BCUT2D eigenvalue weighted by atomic mass is 10.4. The molecule has 1 rings (SSSR count). The molecule has 0 saturated heterocycles. The van der Waals surface area contributed by atoms with Gasteiger partial charge in [0.2, 0.25) is 5.91 Å². The number of hydrogen-bond acceptors (Lipinski definition) is 4. The van der Waals surface area contributed by atoms with Gasteiger partial charge in [-0.3, -0.25) is 4.79 Å². The highest BCUT2D eigenvalue weighted by atomic mass is 79.9. The molecule has 0 aromatic carbocycles. The number of thiophene rings is 1. The summed E-state index contributed by atoms with van der Waals surface area (Å²) in [6, 6.07) is 1.51. The van der Waals surface area contributed by atoms with Crippen molar-refractivity contribution in [2.45, 2.75) is 18.1 Å². The summed E-state index contributed by atoms with van der Waals surface area (Å²) >= 11 is 4.29. The van der Waals surface area contributed by atoms with Gasteiger partial charge in [0.05, 0.1) is 3.79 Å². The van der Waals surface area contributed by atoms with E-state index < -0.39 is 15.9 Å². The molecule has 1 aromatic heterocycles. The molecule has 1 aromatic rings. The van der Waals surface area contributed by atoms with Crippen molar-refractivity contribution in [2.75, 3.05) is 0 Å². The summed E-state index contributed by atoms with van der Waals surface area (Å²) in [7, 11) is -3.67. The van der Waals surface area contributed by atoms with E-state index in [2.05, 4.69) is 15.9 Å². The SMILES string of the molecule is CC(=O)NS(=O)(=O)c1cc(C)c(Br)s1. The summed E-state index contributed by atoms with van der Waals surface area (Å²) in [6.45, 7) is 2.94. The van der Waals surface area contributed by atoms with Gasteiger partial charge in [-0.05, 0) is 34.5 Å². The van der Waals surface area contributed by atoms with Crippen molar-refractivity contribution in [3.8, 4) is 0 Å². The van der Waals surface area contributed by atoms with E-state index in [1.807, 2.05) is 4.72 Å². The highest BCUT2D eigenvalue weighted by Crippen LogP contribution is 2.30. The van der Waals surface area contributed by atoms with Gasteiger partial charge in [-0.1, -0.05) is 0 Å². The van der Waals surface area contributed by atoms with E-state index in [0.717, 1.165) is 27.6 Å². The smallest absolute Gasteiger partial charge is 0.273 e. The van der Waals surface area contributed by atoms with Crippen LogP contribution in [0.1, 0.15) is 12.5 Å². The van der Waals surface area contributed by atoms with E-state index in [-0.39, 0.29) is 4.21 Å². The number of sulfonamides is 1. The fourth-order valence-corrected chi connectivity index (χ4v) is 4.02. The Hall–Kier alpha value is -0.400. The molecule has 1 heterocycles. The Morgan fingerprint density at radius 1 is 1.57 bits per heavy atom. The molecule has 4 nitrogen and oxygen atoms in total. The van der Waals surface area contributed by atoms with Gasteiger partial charge in [-0.15, -0.1) is 11.3 Å². The predicted molar refractivity (Wildman–Crippen MR) is 57.8 cm³/mol. The van der Waals surface area contributed by atoms with Crippen LogP contribution in [-0.4, -0.2) is 14.3 Å². The monoisotopic (exact) mass is 297 g/mol. The standard InChI is InChI=1S/C7H8BrNO3S2/c1-4-3-6(13-7(4)8)14(11,12)9-5(2)10/h3H,1-2H3,(H,9,10). The summed E-state index contributed by atoms with van der Waals surface area (Å²) in [5, 5.41) is 0. The molecule has 0 spiro atoms. The summed E-state index contributed by atoms with van der Waals surface area (Å²) < 4.78 is 25.7. The fourth-order valence-electron chi connectivity index (χ4n) is 0.804. The topological polar surface area (TPSA) is 63.2 Å². The van der Waals surface area contributed by atoms with Crippen LogP contribution >= 0.6 is 27.3 Å². The van der Waals surface area contributed by atoms with Crippen molar-refractivity contribution in [1.82, 2.24) is 4.72 Å². The third-order valence-electron chi connectivity index (χ3n) is 1.38. The Kier molecular flexibility index (Phi) is 3.33. The molecular weight excluding hydrogens is 290 g/mol. The number of carbonyl (C=O) groups is 1. The first-order valence-electron chi connectivity index (χ1n) is 3.62. The van der Waals surface area contributed by atoms with Crippen molar-refractivity contribution in [2.24, 2.45) is 0 Å². The molecule has 0 bridgehead atoms. The molecule has 0 saturated carbocycles. The lowest BCUT2D eigenvalue weighted by Gasteiger charge is -1.99. The van der Waals surface area contributed by atoms with E-state index >= 15 is 0 Å². The Labute approximate surface area is 94.5 Å². The van der Waals surface area contributed by atoms with Crippen LogP contribution in [0.4, 0.5) is 0 Å². The van der Waals surface area contributed by atoms with Gasteiger partial charge < -0.3 is 0 Å². The van der Waals surface area contributed by atoms with Crippen LogP contribution in [-0.2, 0) is 14.8 Å². The third-order valence-corrected chi connectivity index (χ3v) is 5.42. The molecule has 7 heteroatoms. The highest BCUT2D eigenvalue weighted by Gasteiger charge is 2.18. The molecule has 0 fully saturated rings. The predicted octanol–water partition coefficient (Wildman–Crippen LogP) is 1.64. The quantitative estimate of drug-likeness (QED) is 0.903. The zero-order chi connectivity index (χ0) is 10.9. The van der Waals surface area contributed by atoms with Crippen LogP contribution < -0.4 is 4.72 Å². The van der Waals surface area contributed by atoms with Crippen LogP contribution in [0.25, 0.3) is 0 Å². The molecule has 0 aliphatic heterocycles. The Morgan fingerprint density at radius 3 is 2.50 bits per heavy atom. The van der Waals surface area contributed by atoms with Crippen molar-refractivity contribution >= 4 is 43.2 Å². The molecule has 0 unspecified atom stereocenters. The Morgan fingerprint density at radius 2 is 2.14 bits per heavy atom. The van der Waals surface area contributed by atoms with Gasteiger partial charge in [0.1, 0.15) is 4.21 Å². The number of aryl methyl sites for hydroxylation is 1. The summed E-state index contributed by atoms with van der Waals surface area (Å²) in [5.41, 5.74) is 0.832. The molecule has 78 valence electrons. The van der Waals surface area contributed by atoms with E-state index in [9.17, 15) is 13.2 Å². The second-order valence-electron chi connectivity index (χ2n) is 2.68. The summed E-state index contributed by atoms with van der Waals surface area (Å²) in [5.74, 6) is -0.591. The number of carbonyl (C=O) groups excluding carboxylic acids is 1. The number of amides is 1. The lowest BCUT2D eigenvalue weighted by Crippen LogP contribution is -2.27. The zero-order valence-corrected chi connectivity index (χ0v) is 10.7. The number of rotatable bonds is 2. The van der Waals surface area contributed by atoms with Gasteiger partial charge >= 0.3 is 0 Å². The second kappa shape index (κ2) is 4.00. The first-order valence-corrected chi connectivity index (χ1v) is 6.71. The van der Waals surface area contributed by atoms with Gasteiger partial charge in [0, 0.05) is 6.92 Å². The van der Waals surface area contributed by atoms with Gasteiger partial charge in [0.15, 0.2) is 0 Å². The van der Waals surface area contributed by atoms with Gasteiger partial charge in [0.25, 0.3) is 10.0 Å². The van der Waals surface area contributed by atoms with Gasteiger partial charge in [-0.2, -0.15) is 0 Å². The third kappa shape index (κ3) is 2.55. The largest absolute Gasteiger partial charge is 0.274 e. The minimum Gasteiger partial charge on any atom is -0.274 e. The number of nitrogens with one attached hydrogen (secondary N) is 1. The van der Waals surface area contributed by atoms with Crippen LogP contribution in [0.2, 0.25) is 0 Å². The van der Waals surface area contributed by atoms with E-state index in [4.69, 9.17) is 0 Å². The second-order valence-corrected chi connectivity index (χ2v) is 6.96. The van der Waals surface area contributed by atoms with E-state index in [1.165, 1.54) is 6.07 Å². The fraction of sp³-hybridized carbons (Fsp3) is 0.286. The summed E-state index contributed by atoms with van der Waals surface area (Å²) in [4.78, 5) is 10.6. The zero-order valence-electron chi connectivity index (χ0n) is 7.50. The van der Waals surface area contributed by atoms with Crippen LogP contribution in [0.5, 0.6) is 0 Å². The summed E-state index contributed by atoms with van der Waals surface area (Å²) in [6.07, 6.45) is 0. The lowest BCUT2D eigenvalue weighted by molar-refractivity contribution is -0.117. The minimum atomic E-state index is -3.67. The first-order chi connectivity index (χ1) is 6.33. The maximum atomic E-state index is 11.5. The maximum absolute atomic E-state index is 11.5. The average molecular weight is 298 g/mol. The van der Waals surface area contributed by atoms with E-state index in [1.54, 1.807) is 6.92 Å². The van der Waals surface area contributed by atoms with Crippen molar-refractivity contribution < 1.29 is 13.2 Å². The highest BCUT2D eigenvalue weighted by molar-refractivity contribution is 9.11. The van der Waals surface area contributed by atoms with Crippen LogP contribution in [0.15, 0.2) is 14.1 Å². The molecule has 0 radical (unpaired) electrons. The molecular formula is C7H8BrNO3S2. The molecule has 14 heavy (non-hydrogen) atoms. The molecule has 0 aliphatic carbocycles. The Balaban J connectivity index is 3.11. The van der Waals surface area contributed by atoms with Gasteiger partial charge in [-0.25, -0.2) is 13.1 Å². The van der Waals surface area contributed by atoms with Crippen molar-refractivity contribution in [1.29, 1.82) is 0 Å². The Bertz CT molecular complexity index is 444.